The van der Waals surface area contributed by atoms with Crippen LogP contribution in [0.1, 0.15) is 57.8 Å². The van der Waals surface area contributed by atoms with Gasteiger partial charge < -0.3 is 5.73 Å². The number of rotatable bonds is 2. The second-order valence-corrected chi connectivity index (χ2v) is 5.18. The molecular formula is C13H20N2S. The van der Waals surface area contributed by atoms with Gasteiger partial charge in [0.25, 0.3) is 0 Å². The fourth-order valence-corrected chi connectivity index (χ4v) is 2.76. The molecule has 16 heavy (non-hydrogen) atoms. The van der Waals surface area contributed by atoms with E-state index in [0.717, 1.165) is 18.4 Å². The summed E-state index contributed by atoms with van der Waals surface area (Å²) in [5.41, 5.74) is 9.48. The number of hydrogen-bond acceptors (Lipinski definition) is 2. The molecule has 0 aromatic heterocycles. The lowest BCUT2D eigenvalue weighted by atomic mass is 9.95. The Morgan fingerprint density at radius 3 is 2.25 bits per heavy atom. The molecule has 0 spiro atoms. The molecule has 1 saturated carbocycles. The molecule has 0 saturated heterocycles. The molecular weight excluding hydrogens is 216 g/mol. The SMILES string of the molecule is NC(=S)C1=C(N=C2CCCCC2)CCCC1. The average Bonchev–Trinajstić information content (AvgIpc) is 2.31. The van der Waals surface area contributed by atoms with Crippen molar-refractivity contribution >= 4 is 22.9 Å². The van der Waals surface area contributed by atoms with Gasteiger partial charge in [-0.2, -0.15) is 0 Å². The highest BCUT2D eigenvalue weighted by Gasteiger charge is 2.15. The van der Waals surface area contributed by atoms with Crippen LogP contribution in [0.25, 0.3) is 0 Å². The summed E-state index contributed by atoms with van der Waals surface area (Å²) in [4.78, 5) is 5.39. The summed E-state index contributed by atoms with van der Waals surface area (Å²) in [6.45, 7) is 0. The zero-order valence-electron chi connectivity index (χ0n) is 9.80. The molecule has 0 heterocycles. The molecule has 0 radical (unpaired) electrons. The van der Waals surface area contributed by atoms with Gasteiger partial charge in [-0.25, -0.2) is 0 Å². The van der Waals surface area contributed by atoms with Gasteiger partial charge in [-0.1, -0.05) is 18.6 Å². The van der Waals surface area contributed by atoms with Crippen LogP contribution in [0.3, 0.4) is 0 Å². The van der Waals surface area contributed by atoms with Gasteiger partial charge in [-0.05, 0) is 51.4 Å². The maximum Gasteiger partial charge on any atom is 0.101 e. The van der Waals surface area contributed by atoms with Crippen molar-refractivity contribution in [3.05, 3.63) is 11.3 Å². The topological polar surface area (TPSA) is 38.4 Å². The normalized spacial score (nSPS) is 22.1. The predicted molar refractivity (Wildman–Crippen MR) is 72.8 cm³/mol. The van der Waals surface area contributed by atoms with Crippen molar-refractivity contribution in [3.8, 4) is 0 Å². The van der Waals surface area contributed by atoms with E-state index in [-0.39, 0.29) is 0 Å². The van der Waals surface area contributed by atoms with Gasteiger partial charge >= 0.3 is 0 Å². The number of nitrogens with zero attached hydrogens (tertiary/aromatic N) is 1. The van der Waals surface area contributed by atoms with Gasteiger partial charge in [0.15, 0.2) is 0 Å². The molecule has 0 aromatic carbocycles. The summed E-state index contributed by atoms with van der Waals surface area (Å²) in [6, 6.07) is 0. The van der Waals surface area contributed by atoms with Crippen LogP contribution in [0.4, 0.5) is 0 Å². The monoisotopic (exact) mass is 236 g/mol. The van der Waals surface area contributed by atoms with E-state index in [0.29, 0.717) is 4.99 Å². The Morgan fingerprint density at radius 1 is 0.938 bits per heavy atom. The Kier molecular flexibility index (Phi) is 4.10. The van der Waals surface area contributed by atoms with Gasteiger partial charge in [0, 0.05) is 17.0 Å². The highest BCUT2D eigenvalue weighted by atomic mass is 32.1. The van der Waals surface area contributed by atoms with Gasteiger partial charge in [-0.3, -0.25) is 4.99 Å². The summed E-state index contributed by atoms with van der Waals surface area (Å²) in [6.07, 6.45) is 10.8. The van der Waals surface area contributed by atoms with Crippen molar-refractivity contribution < 1.29 is 0 Å². The van der Waals surface area contributed by atoms with Gasteiger partial charge in [-0.15, -0.1) is 0 Å². The molecule has 2 nitrogen and oxygen atoms in total. The zero-order valence-corrected chi connectivity index (χ0v) is 10.6. The van der Waals surface area contributed by atoms with Gasteiger partial charge in [0.05, 0.1) is 0 Å². The first-order valence-corrected chi connectivity index (χ1v) is 6.76. The highest BCUT2D eigenvalue weighted by Crippen LogP contribution is 2.27. The van der Waals surface area contributed by atoms with Crippen LogP contribution in [-0.4, -0.2) is 10.7 Å². The summed E-state index contributed by atoms with van der Waals surface area (Å²) in [7, 11) is 0. The Hall–Kier alpha value is -0.700. The van der Waals surface area contributed by atoms with E-state index in [1.807, 2.05) is 0 Å². The Balaban J connectivity index is 2.18. The van der Waals surface area contributed by atoms with Crippen LogP contribution < -0.4 is 5.73 Å². The predicted octanol–water partition coefficient (Wildman–Crippen LogP) is 3.51. The van der Waals surface area contributed by atoms with Crippen LogP contribution in [0, 0.1) is 0 Å². The third-order valence-corrected chi connectivity index (χ3v) is 3.71. The summed E-state index contributed by atoms with van der Waals surface area (Å²) in [5.74, 6) is 0. The van der Waals surface area contributed by atoms with Crippen molar-refractivity contribution in [2.75, 3.05) is 0 Å². The van der Waals surface area contributed by atoms with Crippen LogP contribution in [-0.2, 0) is 0 Å². The number of aliphatic imine (C=N–C) groups is 1. The van der Waals surface area contributed by atoms with E-state index in [1.54, 1.807) is 0 Å². The Morgan fingerprint density at radius 2 is 1.56 bits per heavy atom. The van der Waals surface area contributed by atoms with Crippen molar-refractivity contribution in [2.45, 2.75) is 57.8 Å². The van der Waals surface area contributed by atoms with Gasteiger partial charge in [0.1, 0.15) is 4.99 Å². The third-order valence-electron chi connectivity index (χ3n) is 3.46. The number of allylic oxidation sites excluding steroid dienone is 1. The molecule has 2 rings (SSSR count). The molecule has 0 amide bonds. The first-order valence-electron chi connectivity index (χ1n) is 6.35. The first-order chi connectivity index (χ1) is 7.77. The zero-order chi connectivity index (χ0) is 11.4. The minimum absolute atomic E-state index is 0.565. The molecule has 88 valence electrons. The van der Waals surface area contributed by atoms with E-state index in [4.69, 9.17) is 22.9 Å². The Bertz CT molecular complexity index is 334. The van der Waals surface area contributed by atoms with Crippen LogP contribution in [0.2, 0.25) is 0 Å². The Labute approximate surface area is 103 Å². The van der Waals surface area contributed by atoms with Crippen LogP contribution >= 0.6 is 12.2 Å². The summed E-state index contributed by atoms with van der Waals surface area (Å²) < 4.78 is 0. The molecule has 3 heteroatoms. The molecule has 0 bridgehead atoms. The lowest BCUT2D eigenvalue weighted by Gasteiger charge is -2.19. The number of thiocarbonyl (C=S) groups is 1. The van der Waals surface area contributed by atoms with Crippen molar-refractivity contribution in [3.63, 3.8) is 0 Å². The molecule has 0 aliphatic heterocycles. The molecule has 0 aromatic rings. The third kappa shape index (κ3) is 2.91. The maximum atomic E-state index is 5.77. The lowest BCUT2D eigenvalue weighted by molar-refractivity contribution is 0.655. The molecule has 0 atom stereocenters. The van der Waals surface area contributed by atoms with Crippen LogP contribution in [0.5, 0.6) is 0 Å². The molecule has 2 aliphatic rings. The summed E-state index contributed by atoms with van der Waals surface area (Å²) >= 11 is 5.11. The number of hydrogen-bond donors (Lipinski definition) is 1. The average molecular weight is 236 g/mol. The van der Waals surface area contributed by atoms with E-state index in [2.05, 4.69) is 0 Å². The van der Waals surface area contributed by atoms with E-state index in [1.165, 1.54) is 56.4 Å². The van der Waals surface area contributed by atoms with Crippen molar-refractivity contribution in [1.82, 2.24) is 0 Å². The molecule has 1 fully saturated rings. The fraction of sp³-hybridized carbons (Fsp3) is 0.692. The quantitative estimate of drug-likeness (QED) is 0.745. The van der Waals surface area contributed by atoms with E-state index in [9.17, 15) is 0 Å². The standard InChI is InChI=1S/C13H20N2S/c14-13(16)11-8-4-5-9-12(11)15-10-6-2-1-3-7-10/h1-9H2,(H2,14,16). The molecule has 2 aliphatic carbocycles. The van der Waals surface area contributed by atoms with Gasteiger partial charge in [0.2, 0.25) is 0 Å². The van der Waals surface area contributed by atoms with E-state index < -0.39 is 0 Å². The first kappa shape index (κ1) is 11.8. The van der Waals surface area contributed by atoms with Crippen molar-refractivity contribution in [1.29, 1.82) is 0 Å². The molecule has 2 N–H and O–H groups in total. The minimum atomic E-state index is 0.565. The van der Waals surface area contributed by atoms with Crippen molar-refractivity contribution in [2.24, 2.45) is 10.7 Å². The summed E-state index contributed by atoms with van der Waals surface area (Å²) in [5, 5.41) is 0. The largest absolute Gasteiger partial charge is 0.390 e. The van der Waals surface area contributed by atoms with E-state index >= 15 is 0 Å². The number of nitrogens with two attached hydrogens (primary N) is 1. The lowest BCUT2D eigenvalue weighted by Crippen LogP contribution is -2.16. The van der Waals surface area contributed by atoms with Crippen LogP contribution in [0.15, 0.2) is 16.3 Å². The highest BCUT2D eigenvalue weighted by molar-refractivity contribution is 7.80. The smallest absolute Gasteiger partial charge is 0.101 e. The minimum Gasteiger partial charge on any atom is -0.390 e. The fourth-order valence-electron chi connectivity index (χ4n) is 2.54. The molecule has 0 unspecified atom stereocenters. The second-order valence-electron chi connectivity index (χ2n) is 4.74. The maximum absolute atomic E-state index is 5.77. The second kappa shape index (κ2) is 5.58.